The third kappa shape index (κ3) is 2.96. The largest absolute Gasteiger partial charge is 0.310 e. The van der Waals surface area contributed by atoms with Crippen LogP contribution in [0.15, 0.2) is 0 Å². The molecular formula is C11H24N2. The second-order valence-electron chi connectivity index (χ2n) is 4.75. The molecule has 2 nitrogen and oxygen atoms in total. The Labute approximate surface area is 82.7 Å². The Hall–Kier alpha value is -0.0800. The van der Waals surface area contributed by atoms with Crippen LogP contribution in [0.5, 0.6) is 0 Å². The van der Waals surface area contributed by atoms with Gasteiger partial charge in [0.05, 0.1) is 0 Å². The molecule has 1 atom stereocenters. The summed E-state index contributed by atoms with van der Waals surface area (Å²) in [6, 6.07) is 0.764. The Morgan fingerprint density at radius 3 is 2.46 bits per heavy atom. The predicted molar refractivity (Wildman–Crippen MR) is 58.0 cm³/mol. The van der Waals surface area contributed by atoms with Crippen LogP contribution in [0.3, 0.4) is 0 Å². The van der Waals surface area contributed by atoms with Crippen LogP contribution in [0.2, 0.25) is 0 Å². The van der Waals surface area contributed by atoms with E-state index < -0.39 is 0 Å². The molecule has 13 heavy (non-hydrogen) atoms. The minimum atomic E-state index is 0.353. The van der Waals surface area contributed by atoms with E-state index >= 15 is 0 Å². The maximum Gasteiger partial charge on any atom is 0.0238 e. The topological polar surface area (TPSA) is 15.3 Å². The van der Waals surface area contributed by atoms with Gasteiger partial charge in [-0.2, -0.15) is 0 Å². The first-order chi connectivity index (χ1) is 6.09. The van der Waals surface area contributed by atoms with E-state index in [1.54, 1.807) is 0 Å². The van der Waals surface area contributed by atoms with Crippen LogP contribution in [0.4, 0.5) is 0 Å². The minimum Gasteiger partial charge on any atom is -0.310 e. The summed E-state index contributed by atoms with van der Waals surface area (Å²) in [6.07, 6.45) is 2.56. The summed E-state index contributed by atoms with van der Waals surface area (Å²) >= 11 is 0. The van der Waals surface area contributed by atoms with E-state index in [1.807, 2.05) is 0 Å². The van der Waals surface area contributed by atoms with Crippen molar-refractivity contribution in [1.82, 2.24) is 10.2 Å². The van der Waals surface area contributed by atoms with Crippen molar-refractivity contribution in [3.05, 3.63) is 0 Å². The highest BCUT2D eigenvalue weighted by Gasteiger charge is 2.32. The van der Waals surface area contributed by atoms with Gasteiger partial charge in [-0.15, -0.1) is 0 Å². The number of nitrogens with one attached hydrogen (secondary N) is 1. The minimum absolute atomic E-state index is 0.353. The maximum atomic E-state index is 3.58. The van der Waals surface area contributed by atoms with Crippen molar-refractivity contribution in [3.63, 3.8) is 0 Å². The van der Waals surface area contributed by atoms with Crippen molar-refractivity contribution in [2.24, 2.45) is 0 Å². The van der Waals surface area contributed by atoms with Crippen molar-refractivity contribution in [3.8, 4) is 0 Å². The molecule has 1 saturated heterocycles. The SMILES string of the molecule is CCCN(CC)C1CNC(C)(C)C1. The zero-order valence-electron chi connectivity index (χ0n) is 9.56. The van der Waals surface area contributed by atoms with Crippen LogP contribution in [0.25, 0.3) is 0 Å². The van der Waals surface area contributed by atoms with Gasteiger partial charge in [0.2, 0.25) is 0 Å². The molecule has 1 aliphatic heterocycles. The van der Waals surface area contributed by atoms with E-state index in [-0.39, 0.29) is 0 Å². The summed E-state index contributed by atoms with van der Waals surface area (Å²) in [5.41, 5.74) is 0.353. The van der Waals surface area contributed by atoms with Gasteiger partial charge in [-0.25, -0.2) is 0 Å². The maximum absolute atomic E-state index is 3.58. The van der Waals surface area contributed by atoms with Gasteiger partial charge in [0, 0.05) is 18.1 Å². The van der Waals surface area contributed by atoms with Gasteiger partial charge < -0.3 is 5.32 Å². The molecule has 0 spiro atoms. The first kappa shape index (κ1) is 11.0. The molecule has 0 aromatic heterocycles. The van der Waals surface area contributed by atoms with Crippen LogP contribution in [-0.4, -0.2) is 36.1 Å². The van der Waals surface area contributed by atoms with E-state index in [0.717, 1.165) is 6.04 Å². The first-order valence-electron chi connectivity index (χ1n) is 5.58. The van der Waals surface area contributed by atoms with Gasteiger partial charge in [-0.1, -0.05) is 13.8 Å². The monoisotopic (exact) mass is 184 g/mol. The van der Waals surface area contributed by atoms with Crippen molar-refractivity contribution >= 4 is 0 Å². The average Bonchev–Trinajstić information content (AvgIpc) is 2.42. The van der Waals surface area contributed by atoms with Crippen molar-refractivity contribution < 1.29 is 0 Å². The highest BCUT2D eigenvalue weighted by atomic mass is 15.2. The second kappa shape index (κ2) is 4.43. The number of hydrogen-bond acceptors (Lipinski definition) is 2. The van der Waals surface area contributed by atoms with Crippen molar-refractivity contribution in [2.75, 3.05) is 19.6 Å². The summed E-state index contributed by atoms with van der Waals surface area (Å²) in [5, 5.41) is 3.58. The lowest BCUT2D eigenvalue weighted by atomic mass is 10.0. The van der Waals surface area contributed by atoms with E-state index in [4.69, 9.17) is 0 Å². The lowest BCUT2D eigenvalue weighted by molar-refractivity contribution is 0.213. The standard InChI is InChI=1S/C11H24N2/c1-5-7-13(6-2)10-8-11(3,4)12-9-10/h10,12H,5-9H2,1-4H3. The third-order valence-electron chi connectivity index (χ3n) is 3.00. The van der Waals surface area contributed by atoms with E-state index in [9.17, 15) is 0 Å². The Morgan fingerprint density at radius 2 is 2.08 bits per heavy atom. The second-order valence-corrected chi connectivity index (χ2v) is 4.75. The van der Waals surface area contributed by atoms with Crippen LogP contribution in [-0.2, 0) is 0 Å². The van der Waals surface area contributed by atoms with Crippen molar-refractivity contribution in [2.45, 2.75) is 52.1 Å². The van der Waals surface area contributed by atoms with Crippen LogP contribution in [0.1, 0.15) is 40.5 Å². The van der Waals surface area contributed by atoms with E-state index in [2.05, 4.69) is 37.9 Å². The molecule has 1 unspecified atom stereocenters. The van der Waals surface area contributed by atoms with Gasteiger partial charge in [0.15, 0.2) is 0 Å². The number of hydrogen-bond donors (Lipinski definition) is 1. The molecule has 0 aromatic rings. The molecule has 1 rings (SSSR count). The third-order valence-corrected chi connectivity index (χ3v) is 3.00. The summed E-state index contributed by atoms with van der Waals surface area (Å²) < 4.78 is 0. The molecule has 0 aromatic carbocycles. The predicted octanol–water partition coefficient (Wildman–Crippen LogP) is 1.86. The summed E-state index contributed by atoms with van der Waals surface area (Å²) in [5.74, 6) is 0. The zero-order valence-corrected chi connectivity index (χ0v) is 9.56. The van der Waals surface area contributed by atoms with Gasteiger partial charge in [0.25, 0.3) is 0 Å². The molecule has 0 saturated carbocycles. The van der Waals surface area contributed by atoms with Gasteiger partial charge >= 0.3 is 0 Å². The Kier molecular flexibility index (Phi) is 3.74. The smallest absolute Gasteiger partial charge is 0.0238 e. The molecule has 2 heteroatoms. The molecule has 0 bridgehead atoms. The Morgan fingerprint density at radius 1 is 1.38 bits per heavy atom. The zero-order chi connectivity index (χ0) is 9.90. The van der Waals surface area contributed by atoms with Crippen LogP contribution in [0, 0.1) is 0 Å². The van der Waals surface area contributed by atoms with E-state index in [0.29, 0.717) is 5.54 Å². The Bertz CT molecular complexity index is 154. The summed E-state index contributed by atoms with van der Waals surface area (Å²) in [7, 11) is 0. The lowest BCUT2D eigenvalue weighted by Gasteiger charge is -2.27. The fraction of sp³-hybridized carbons (Fsp3) is 1.00. The van der Waals surface area contributed by atoms with Crippen LogP contribution >= 0.6 is 0 Å². The number of nitrogens with zero attached hydrogens (tertiary/aromatic N) is 1. The first-order valence-corrected chi connectivity index (χ1v) is 5.58. The molecule has 0 radical (unpaired) electrons. The molecular weight excluding hydrogens is 160 g/mol. The molecule has 0 amide bonds. The fourth-order valence-electron chi connectivity index (χ4n) is 2.27. The van der Waals surface area contributed by atoms with Gasteiger partial charge in [-0.05, 0) is 39.8 Å². The Balaban J connectivity index is 2.43. The van der Waals surface area contributed by atoms with Crippen LogP contribution < -0.4 is 5.32 Å². The molecule has 1 N–H and O–H groups in total. The molecule has 1 heterocycles. The van der Waals surface area contributed by atoms with Gasteiger partial charge in [0.1, 0.15) is 0 Å². The normalized spacial score (nSPS) is 27.0. The number of likely N-dealkylation sites (N-methyl/N-ethyl adjacent to an activating group) is 1. The summed E-state index contributed by atoms with van der Waals surface area (Å²) in [6.45, 7) is 12.7. The average molecular weight is 184 g/mol. The lowest BCUT2D eigenvalue weighted by Crippen LogP contribution is -2.37. The van der Waals surface area contributed by atoms with Gasteiger partial charge in [-0.3, -0.25) is 4.90 Å². The quantitative estimate of drug-likeness (QED) is 0.717. The number of rotatable bonds is 4. The molecule has 1 aliphatic rings. The highest BCUT2D eigenvalue weighted by molar-refractivity contribution is 4.93. The fourth-order valence-corrected chi connectivity index (χ4v) is 2.27. The van der Waals surface area contributed by atoms with Crippen molar-refractivity contribution in [1.29, 1.82) is 0 Å². The molecule has 0 aliphatic carbocycles. The highest BCUT2D eigenvalue weighted by Crippen LogP contribution is 2.21. The molecule has 78 valence electrons. The van der Waals surface area contributed by atoms with E-state index in [1.165, 1.54) is 32.5 Å². The molecule has 1 fully saturated rings. The summed E-state index contributed by atoms with van der Waals surface area (Å²) in [4.78, 5) is 2.60.